The van der Waals surface area contributed by atoms with E-state index in [4.69, 9.17) is 4.74 Å². The lowest BCUT2D eigenvalue weighted by molar-refractivity contribution is -0.385. The maximum atomic E-state index is 11.4. The normalized spacial score (nSPS) is 11.2. The molecule has 0 atom stereocenters. The van der Waals surface area contributed by atoms with E-state index < -0.39 is 14.8 Å². The minimum atomic E-state index is -3.50. The van der Waals surface area contributed by atoms with E-state index in [9.17, 15) is 18.5 Å². The van der Waals surface area contributed by atoms with Gasteiger partial charge in [-0.25, -0.2) is 8.42 Å². The number of sulfone groups is 1. The van der Waals surface area contributed by atoms with Crippen LogP contribution in [0.5, 0.6) is 10.8 Å². The molecule has 1 aromatic heterocycles. The molecule has 2 aromatic rings. The van der Waals surface area contributed by atoms with Gasteiger partial charge in [-0.2, -0.15) is 0 Å². The average molecular weight is 299 g/mol. The van der Waals surface area contributed by atoms with Gasteiger partial charge in [-0.3, -0.25) is 10.1 Å². The first-order valence-corrected chi connectivity index (χ1v) is 7.80. The number of hydrogen-bond acceptors (Lipinski definition) is 6. The number of nitrogens with zero attached hydrogens (tertiary/aromatic N) is 1. The Hall–Kier alpha value is -1.93. The standard InChI is InChI=1S/C11H9NO5S2/c1-19(15,16)10-7-9(12(13)14)11(18-10)17-8-5-3-2-4-6-8/h2-7H,1H3. The first-order chi connectivity index (χ1) is 8.88. The number of thiophene rings is 1. The first-order valence-electron chi connectivity index (χ1n) is 5.09. The molecule has 0 aliphatic rings. The SMILES string of the molecule is CS(=O)(=O)c1cc([N+](=O)[O-])c(Oc2ccccc2)s1. The third kappa shape index (κ3) is 3.09. The quantitative estimate of drug-likeness (QED) is 0.640. The summed E-state index contributed by atoms with van der Waals surface area (Å²) in [5.74, 6) is 0.410. The lowest BCUT2D eigenvalue weighted by atomic mass is 10.3. The van der Waals surface area contributed by atoms with Gasteiger partial charge in [0.1, 0.15) is 9.96 Å². The van der Waals surface area contributed by atoms with Gasteiger partial charge in [0.2, 0.25) is 0 Å². The topological polar surface area (TPSA) is 86.5 Å². The molecule has 0 aliphatic heterocycles. The third-order valence-corrected chi connectivity index (χ3v) is 4.98. The van der Waals surface area contributed by atoms with E-state index >= 15 is 0 Å². The smallest absolute Gasteiger partial charge is 0.324 e. The number of benzene rings is 1. The van der Waals surface area contributed by atoms with Crippen molar-refractivity contribution in [3.63, 3.8) is 0 Å². The summed E-state index contributed by atoms with van der Waals surface area (Å²) in [6, 6.07) is 9.47. The van der Waals surface area contributed by atoms with Crippen LogP contribution in [0.2, 0.25) is 0 Å². The second kappa shape index (κ2) is 4.98. The monoisotopic (exact) mass is 299 g/mol. The van der Waals surface area contributed by atoms with Gasteiger partial charge in [0.05, 0.1) is 4.92 Å². The van der Waals surface area contributed by atoms with Gasteiger partial charge >= 0.3 is 5.69 Å². The minimum absolute atomic E-state index is 0.0448. The van der Waals surface area contributed by atoms with E-state index in [1.807, 2.05) is 0 Å². The van der Waals surface area contributed by atoms with Crippen molar-refractivity contribution in [2.45, 2.75) is 4.21 Å². The summed E-state index contributed by atoms with van der Waals surface area (Å²) in [7, 11) is -3.50. The van der Waals surface area contributed by atoms with Crippen LogP contribution >= 0.6 is 11.3 Å². The molecule has 19 heavy (non-hydrogen) atoms. The molecule has 8 heteroatoms. The summed E-state index contributed by atoms with van der Waals surface area (Å²) < 4.78 is 28.1. The predicted molar refractivity (Wildman–Crippen MR) is 70.6 cm³/mol. The highest BCUT2D eigenvalue weighted by molar-refractivity contribution is 7.92. The molecule has 1 aromatic carbocycles. The Bertz CT molecular complexity index is 706. The molecule has 0 spiro atoms. The molecule has 0 saturated heterocycles. The molecule has 100 valence electrons. The highest BCUT2D eigenvalue weighted by Crippen LogP contribution is 2.41. The van der Waals surface area contributed by atoms with Crippen molar-refractivity contribution in [1.29, 1.82) is 0 Å². The molecule has 0 N–H and O–H groups in total. The van der Waals surface area contributed by atoms with Crippen LogP contribution in [0.3, 0.4) is 0 Å². The maximum absolute atomic E-state index is 11.4. The predicted octanol–water partition coefficient (Wildman–Crippen LogP) is 2.85. The zero-order valence-electron chi connectivity index (χ0n) is 9.77. The van der Waals surface area contributed by atoms with E-state index in [-0.39, 0.29) is 15.0 Å². The van der Waals surface area contributed by atoms with Crippen LogP contribution in [0.25, 0.3) is 0 Å². The lowest BCUT2D eigenvalue weighted by Crippen LogP contribution is -1.92. The second-order valence-electron chi connectivity index (χ2n) is 3.68. The van der Waals surface area contributed by atoms with Crippen molar-refractivity contribution in [3.8, 4) is 10.8 Å². The first kappa shape index (κ1) is 13.5. The van der Waals surface area contributed by atoms with Crippen molar-refractivity contribution < 1.29 is 18.1 Å². The van der Waals surface area contributed by atoms with Gasteiger partial charge in [0, 0.05) is 12.3 Å². The minimum Gasteiger partial charge on any atom is -0.440 e. The fourth-order valence-electron chi connectivity index (χ4n) is 1.32. The zero-order valence-corrected chi connectivity index (χ0v) is 11.4. The average Bonchev–Trinajstić information content (AvgIpc) is 2.74. The van der Waals surface area contributed by atoms with Crippen LogP contribution in [0, 0.1) is 10.1 Å². The molecular formula is C11H9NO5S2. The van der Waals surface area contributed by atoms with E-state index in [0.717, 1.165) is 23.7 Å². The highest BCUT2D eigenvalue weighted by Gasteiger charge is 2.25. The van der Waals surface area contributed by atoms with Gasteiger partial charge in [-0.05, 0) is 12.1 Å². The molecule has 0 fully saturated rings. The zero-order chi connectivity index (χ0) is 14.0. The van der Waals surface area contributed by atoms with E-state index in [1.165, 1.54) is 0 Å². The molecule has 0 amide bonds. The maximum Gasteiger partial charge on any atom is 0.324 e. The summed E-state index contributed by atoms with van der Waals surface area (Å²) in [6.07, 6.45) is 0.995. The molecule has 1 heterocycles. The molecule has 0 radical (unpaired) electrons. The Balaban J connectivity index is 2.45. The van der Waals surface area contributed by atoms with Crippen molar-refractivity contribution in [3.05, 3.63) is 46.5 Å². The van der Waals surface area contributed by atoms with Crippen LogP contribution in [-0.2, 0) is 9.84 Å². The third-order valence-electron chi connectivity index (χ3n) is 2.17. The number of ether oxygens (including phenoxy) is 1. The number of para-hydroxylation sites is 1. The summed E-state index contributed by atoms with van der Waals surface area (Å²) in [4.78, 5) is 10.2. The Labute approximate surface area is 113 Å². The van der Waals surface area contributed by atoms with Crippen LogP contribution in [0.4, 0.5) is 5.69 Å². The fraction of sp³-hybridized carbons (Fsp3) is 0.0909. The second-order valence-corrected chi connectivity index (χ2v) is 6.94. The van der Waals surface area contributed by atoms with Crippen molar-refractivity contribution in [2.75, 3.05) is 6.26 Å². The Morgan fingerprint density at radius 2 is 1.89 bits per heavy atom. The molecule has 0 bridgehead atoms. The number of rotatable bonds is 4. The fourth-order valence-corrected chi connectivity index (χ4v) is 3.21. The van der Waals surface area contributed by atoms with Crippen LogP contribution < -0.4 is 4.74 Å². The van der Waals surface area contributed by atoms with Crippen LogP contribution in [0.1, 0.15) is 0 Å². The van der Waals surface area contributed by atoms with Crippen molar-refractivity contribution in [2.24, 2.45) is 0 Å². The van der Waals surface area contributed by atoms with Gasteiger partial charge in [-0.15, -0.1) is 0 Å². The molecule has 0 unspecified atom stereocenters. The Kier molecular flexibility index (Phi) is 3.54. The van der Waals surface area contributed by atoms with Crippen molar-refractivity contribution >= 4 is 26.9 Å². The largest absolute Gasteiger partial charge is 0.440 e. The van der Waals surface area contributed by atoms with E-state index in [0.29, 0.717) is 5.75 Å². The highest BCUT2D eigenvalue weighted by atomic mass is 32.2. The van der Waals surface area contributed by atoms with Gasteiger partial charge in [0.25, 0.3) is 5.06 Å². The number of nitro groups is 1. The van der Waals surface area contributed by atoms with Gasteiger partial charge in [-0.1, -0.05) is 29.5 Å². The van der Waals surface area contributed by atoms with Crippen LogP contribution in [-0.4, -0.2) is 19.6 Å². The molecule has 0 aliphatic carbocycles. The molecule has 0 saturated carbocycles. The summed E-state index contributed by atoms with van der Waals surface area (Å²) in [6.45, 7) is 0. The molecule has 2 rings (SSSR count). The number of hydrogen-bond donors (Lipinski definition) is 0. The van der Waals surface area contributed by atoms with Gasteiger partial charge < -0.3 is 4.74 Å². The van der Waals surface area contributed by atoms with E-state index in [2.05, 4.69) is 0 Å². The Morgan fingerprint density at radius 1 is 1.26 bits per heavy atom. The van der Waals surface area contributed by atoms with Crippen LogP contribution in [0.15, 0.2) is 40.6 Å². The Morgan fingerprint density at radius 3 is 2.42 bits per heavy atom. The molecule has 6 nitrogen and oxygen atoms in total. The van der Waals surface area contributed by atoms with E-state index in [1.54, 1.807) is 30.3 Å². The summed E-state index contributed by atoms with van der Waals surface area (Å²) >= 11 is 0.738. The van der Waals surface area contributed by atoms with Gasteiger partial charge in [0.15, 0.2) is 9.84 Å². The lowest BCUT2D eigenvalue weighted by Gasteiger charge is -2.01. The summed E-state index contributed by atoms with van der Waals surface area (Å²) in [5.41, 5.74) is -0.353. The summed E-state index contributed by atoms with van der Waals surface area (Å²) in [5, 5.41) is 10.8. The van der Waals surface area contributed by atoms with Crippen molar-refractivity contribution in [1.82, 2.24) is 0 Å². The molecular weight excluding hydrogens is 290 g/mol.